The van der Waals surface area contributed by atoms with Gasteiger partial charge in [-0.25, -0.2) is 4.98 Å². The summed E-state index contributed by atoms with van der Waals surface area (Å²) >= 11 is 30.2. The predicted molar refractivity (Wildman–Crippen MR) is 83.9 cm³/mol. The first kappa shape index (κ1) is 15.5. The lowest BCUT2D eigenvalue weighted by Crippen LogP contribution is -1.98. The lowest BCUT2D eigenvalue weighted by Gasteiger charge is -2.13. The van der Waals surface area contributed by atoms with Gasteiger partial charge in [-0.1, -0.05) is 58.0 Å². The summed E-state index contributed by atoms with van der Waals surface area (Å²) in [6.45, 7) is 0. The van der Waals surface area contributed by atoms with Crippen LogP contribution in [0.15, 0.2) is 12.1 Å². The fraction of sp³-hybridized carbons (Fsp3) is 0. The van der Waals surface area contributed by atoms with Gasteiger partial charge in [-0.3, -0.25) is 0 Å². The molecule has 8 heteroatoms. The summed E-state index contributed by atoms with van der Waals surface area (Å²) < 4.78 is 0. The van der Waals surface area contributed by atoms with Gasteiger partial charge in [0.2, 0.25) is 0 Å². The van der Waals surface area contributed by atoms with Crippen molar-refractivity contribution in [1.29, 1.82) is 5.26 Å². The maximum atomic E-state index is 8.78. The van der Waals surface area contributed by atoms with E-state index in [0.717, 1.165) is 0 Å². The number of rotatable bonds is 1. The average Bonchev–Trinajstić information content (AvgIpc) is 2.44. The molecule has 0 amide bonds. The second-order valence-electron chi connectivity index (χ2n) is 3.69. The van der Waals surface area contributed by atoms with Crippen LogP contribution in [-0.4, -0.2) is 4.98 Å². The van der Waals surface area contributed by atoms with Gasteiger partial charge in [-0.2, -0.15) is 5.26 Å². The summed E-state index contributed by atoms with van der Waals surface area (Å²) in [7, 11) is 0. The number of hydrogen-bond acceptors (Lipinski definition) is 3. The molecule has 20 heavy (non-hydrogen) atoms. The van der Waals surface area contributed by atoms with Crippen LogP contribution in [0.5, 0.6) is 0 Å². The second kappa shape index (κ2) is 5.85. The molecule has 2 N–H and O–H groups in total. The number of nitrogen functional groups attached to an aromatic ring is 1. The normalized spacial score (nSPS) is 10.4. The second-order valence-corrected chi connectivity index (χ2v) is 5.58. The third-order valence-corrected chi connectivity index (χ3v) is 4.80. The molecule has 0 atom stereocenters. The molecular weight excluding hydrogens is 363 g/mol. The highest BCUT2D eigenvalue weighted by molar-refractivity contribution is 6.56. The minimum absolute atomic E-state index is 0.0623. The van der Waals surface area contributed by atoms with E-state index in [2.05, 4.69) is 4.98 Å². The first-order chi connectivity index (χ1) is 9.38. The van der Waals surface area contributed by atoms with Gasteiger partial charge in [0.25, 0.3) is 0 Å². The van der Waals surface area contributed by atoms with Crippen molar-refractivity contribution in [2.75, 3.05) is 5.73 Å². The van der Waals surface area contributed by atoms with Crippen LogP contribution in [0.3, 0.4) is 0 Å². The van der Waals surface area contributed by atoms with Gasteiger partial charge >= 0.3 is 0 Å². The van der Waals surface area contributed by atoms with E-state index >= 15 is 0 Å². The van der Waals surface area contributed by atoms with E-state index in [0.29, 0.717) is 11.1 Å². The van der Waals surface area contributed by atoms with E-state index in [-0.39, 0.29) is 36.6 Å². The highest BCUT2D eigenvalue weighted by Crippen LogP contribution is 2.48. The Kier molecular flexibility index (Phi) is 4.53. The van der Waals surface area contributed by atoms with Crippen LogP contribution in [0.1, 0.15) is 5.69 Å². The lowest BCUT2D eigenvalue weighted by molar-refractivity contribution is 1.27. The molecule has 3 nitrogen and oxygen atoms in total. The van der Waals surface area contributed by atoms with Crippen molar-refractivity contribution in [3.63, 3.8) is 0 Å². The molecule has 102 valence electrons. The molecule has 1 aromatic heterocycles. The van der Waals surface area contributed by atoms with Crippen LogP contribution >= 0.6 is 58.0 Å². The number of pyridine rings is 1. The minimum Gasteiger partial charge on any atom is -0.383 e. The number of halogens is 5. The van der Waals surface area contributed by atoms with Gasteiger partial charge in [0, 0.05) is 11.1 Å². The number of aromatic nitrogens is 1. The van der Waals surface area contributed by atoms with E-state index in [1.54, 1.807) is 6.07 Å². The van der Waals surface area contributed by atoms with Gasteiger partial charge in [0.05, 0.1) is 25.1 Å². The predicted octanol–water partition coefficient (Wildman–Crippen LogP) is 5.47. The Morgan fingerprint density at radius 3 is 1.85 bits per heavy atom. The molecule has 0 bridgehead atoms. The highest BCUT2D eigenvalue weighted by atomic mass is 35.5. The van der Waals surface area contributed by atoms with Crippen molar-refractivity contribution < 1.29 is 0 Å². The molecule has 0 unspecified atom stereocenters. The lowest BCUT2D eigenvalue weighted by atomic mass is 10.1. The maximum absolute atomic E-state index is 8.78. The molecule has 0 aliphatic carbocycles. The van der Waals surface area contributed by atoms with Gasteiger partial charge in [-0.15, -0.1) is 0 Å². The summed E-state index contributed by atoms with van der Waals surface area (Å²) in [5.41, 5.74) is 6.71. The summed E-state index contributed by atoms with van der Waals surface area (Å²) in [6, 6.07) is 4.92. The molecule has 0 radical (unpaired) electrons. The van der Waals surface area contributed by atoms with Crippen LogP contribution in [0.4, 0.5) is 5.82 Å². The maximum Gasteiger partial charge on any atom is 0.142 e. The van der Waals surface area contributed by atoms with Crippen LogP contribution < -0.4 is 5.73 Å². The van der Waals surface area contributed by atoms with E-state index in [9.17, 15) is 0 Å². The summed E-state index contributed by atoms with van der Waals surface area (Å²) in [4.78, 5) is 3.91. The average molecular weight is 367 g/mol. The fourth-order valence-electron chi connectivity index (χ4n) is 1.59. The SMILES string of the molecule is N#Cc1ccc(-c2c(Cl)c(Cl)c(Cl)c(Cl)c2Cl)c(N)n1. The third-order valence-electron chi connectivity index (χ3n) is 2.52. The van der Waals surface area contributed by atoms with Gasteiger partial charge in [-0.05, 0) is 12.1 Å². The first-order valence-corrected chi connectivity index (χ1v) is 6.95. The smallest absolute Gasteiger partial charge is 0.142 e. The van der Waals surface area contributed by atoms with Gasteiger partial charge in [0.1, 0.15) is 17.6 Å². The number of benzene rings is 1. The first-order valence-electron chi connectivity index (χ1n) is 5.07. The zero-order valence-corrected chi connectivity index (χ0v) is 13.3. The van der Waals surface area contributed by atoms with Crippen molar-refractivity contribution in [2.45, 2.75) is 0 Å². The van der Waals surface area contributed by atoms with E-state index in [1.807, 2.05) is 6.07 Å². The quantitative estimate of drug-likeness (QED) is 0.537. The van der Waals surface area contributed by atoms with E-state index in [4.69, 9.17) is 69.0 Å². The van der Waals surface area contributed by atoms with Crippen LogP contribution in [0, 0.1) is 11.3 Å². The van der Waals surface area contributed by atoms with Gasteiger partial charge < -0.3 is 5.73 Å². The molecule has 0 aliphatic heterocycles. The zero-order valence-electron chi connectivity index (χ0n) is 9.52. The molecule has 1 aromatic carbocycles. The Balaban J connectivity index is 2.81. The summed E-state index contributed by atoms with van der Waals surface area (Å²) in [5.74, 6) is 0.0855. The number of nitriles is 1. The Morgan fingerprint density at radius 2 is 1.40 bits per heavy atom. The summed E-state index contributed by atoms with van der Waals surface area (Å²) in [5, 5.41) is 9.21. The van der Waals surface area contributed by atoms with E-state index in [1.165, 1.54) is 6.07 Å². The molecular formula is C12H4Cl5N3. The minimum atomic E-state index is 0.0623. The molecule has 1 heterocycles. The third kappa shape index (κ3) is 2.50. The van der Waals surface area contributed by atoms with Crippen LogP contribution in [0.25, 0.3) is 11.1 Å². The number of nitrogens with zero attached hydrogens (tertiary/aromatic N) is 2. The van der Waals surface area contributed by atoms with Crippen molar-refractivity contribution >= 4 is 63.8 Å². The Bertz CT molecular complexity index is 723. The standard InChI is InChI=1S/C12H4Cl5N3/c13-7-6(8(14)10(16)11(17)9(7)15)5-2-1-4(3-18)20-12(5)19/h1-2H,(H2,19,20). The molecule has 0 spiro atoms. The summed E-state index contributed by atoms with van der Waals surface area (Å²) in [6.07, 6.45) is 0. The fourth-order valence-corrected chi connectivity index (χ4v) is 2.93. The zero-order chi connectivity index (χ0) is 15.0. The van der Waals surface area contributed by atoms with Gasteiger partial charge in [0.15, 0.2) is 0 Å². The Labute approximate surface area is 139 Å². The van der Waals surface area contributed by atoms with Crippen molar-refractivity contribution in [1.82, 2.24) is 4.98 Å². The number of anilines is 1. The molecule has 0 aliphatic rings. The topological polar surface area (TPSA) is 62.7 Å². The monoisotopic (exact) mass is 365 g/mol. The van der Waals surface area contributed by atoms with Crippen LogP contribution in [0.2, 0.25) is 25.1 Å². The number of hydrogen-bond donors (Lipinski definition) is 1. The Hall–Kier alpha value is -0.890. The molecule has 2 rings (SSSR count). The molecule has 0 fully saturated rings. The molecule has 0 saturated carbocycles. The number of nitrogens with two attached hydrogens (primary N) is 1. The molecule has 0 saturated heterocycles. The van der Waals surface area contributed by atoms with Crippen molar-refractivity contribution in [3.8, 4) is 17.2 Å². The highest BCUT2D eigenvalue weighted by Gasteiger charge is 2.22. The Morgan fingerprint density at radius 1 is 0.900 bits per heavy atom. The van der Waals surface area contributed by atoms with Crippen molar-refractivity contribution in [2.24, 2.45) is 0 Å². The van der Waals surface area contributed by atoms with Crippen LogP contribution in [-0.2, 0) is 0 Å². The largest absolute Gasteiger partial charge is 0.383 e. The van der Waals surface area contributed by atoms with Crippen molar-refractivity contribution in [3.05, 3.63) is 42.9 Å². The van der Waals surface area contributed by atoms with E-state index < -0.39 is 0 Å². The molecule has 2 aromatic rings.